The summed E-state index contributed by atoms with van der Waals surface area (Å²) in [6.07, 6.45) is 4.95. The van der Waals surface area contributed by atoms with Crippen molar-refractivity contribution in [3.8, 4) is 0 Å². The van der Waals surface area contributed by atoms with Gasteiger partial charge in [-0.25, -0.2) is 8.42 Å². The Kier molecular flexibility index (Phi) is 5.21. The summed E-state index contributed by atoms with van der Waals surface area (Å²) in [4.78, 5) is 0. The van der Waals surface area contributed by atoms with Crippen molar-refractivity contribution in [2.75, 3.05) is 24.7 Å². The van der Waals surface area contributed by atoms with Gasteiger partial charge in [-0.15, -0.1) is 0 Å². The van der Waals surface area contributed by atoms with Gasteiger partial charge < -0.3 is 10.4 Å². The minimum absolute atomic E-state index is 0.129. The smallest absolute Gasteiger partial charge is 0.150 e. The highest BCUT2D eigenvalue weighted by molar-refractivity contribution is 7.91. The second-order valence-corrected chi connectivity index (χ2v) is 7.13. The topological polar surface area (TPSA) is 66.4 Å². The van der Waals surface area contributed by atoms with E-state index in [4.69, 9.17) is 0 Å². The molecular formula is C11H23NO3S. The van der Waals surface area contributed by atoms with E-state index in [1.165, 1.54) is 0 Å². The average molecular weight is 249 g/mol. The molecule has 0 bridgehead atoms. The number of hydrogen-bond donors (Lipinski definition) is 2. The van der Waals surface area contributed by atoms with Crippen LogP contribution >= 0.6 is 0 Å². The highest BCUT2D eigenvalue weighted by Crippen LogP contribution is 2.28. The maximum atomic E-state index is 11.3. The highest BCUT2D eigenvalue weighted by atomic mass is 32.2. The lowest BCUT2D eigenvalue weighted by molar-refractivity contribution is 0.165. The van der Waals surface area contributed by atoms with E-state index in [1.807, 2.05) is 0 Å². The van der Waals surface area contributed by atoms with Gasteiger partial charge in [-0.05, 0) is 25.8 Å². The third-order valence-corrected chi connectivity index (χ3v) is 5.23. The van der Waals surface area contributed by atoms with Gasteiger partial charge in [0, 0.05) is 11.3 Å². The normalized spacial score (nSPS) is 20.1. The van der Waals surface area contributed by atoms with Crippen LogP contribution in [0.3, 0.4) is 0 Å². The molecule has 1 aliphatic rings. The van der Waals surface area contributed by atoms with Gasteiger partial charge in [0.2, 0.25) is 0 Å². The van der Waals surface area contributed by atoms with E-state index in [2.05, 4.69) is 5.32 Å². The van der Waals surface area contributed by atoms with Crippen molar-refractivity contribution in [1.29, 1.82) is 0 Å². The fourth-order valence-corrected chi connectivity index (χ4v) is 3.11. The molecule has 0 aliphatic heterocycles. The van der Waals surface area contributed by atoms with Crippen molar-refractivity contribution < 1.29 is 13.5 Å². The molecule has 0 aromatic heterocycles. The van der Waals surface area contributed by atoms with Crippen molar-refractivity contribution >= 4 is 9.84 Å². The molecule has 0 aromatic rings. The zero-order chi connectivity index (χ0) is 12.1. The molecule has 0 radical (unpaired) electrons. The fraction of sp³-hybridized carbons (Fsp3) is 1.00. The number of hydrogen-bond acceptors (Lipinski definition) is 4. The first-order chi connectivity index (χ1) is 7.54. The molecule has 16 heavy (non-hydrogen) atoms. The molecule has 0 saturated heterocycles. The van der Waals surface area contributed by atoms with Crippen LogP contribution in [0, 0.1) is 0 Å². The summed E-state index contributed by atoms with van der Waals surface area (Å²) in [5.41, 5.74) is -0.129. The summed E-state index contributed by atoms with van der Waals surface area (Å²) in [5.74, 6) is 0.468. The van der Waals surface area contributed by atoms with Crippen LogP contribution in [0.15, 0.2) is 0 Å². The van der Waals surface area contributed by atoms with Crippen molar-refractivity contribution in [2.24, 2.45) is 0 Å². The van der Waals surface area contributed by atoms with Gasteiger partial charge in [0.15, 0.2) is 0 Å². The quantitative estimate of drug-likeness (QED) is 0.652. The van der Waals surface area contributed by atoms with Gasteiger partial charge in [-0.1, -0.05) is 19.8 Å². The minimum Gasteiger partial charge on any atom is -0.394 e. The maximum absolute atomic E-state index is 11.3. The number of aliphatic hydroxyl groups excluding tert-OH is 1. The number of rotatable bonds is 7. The Morgan fingerprint density at radius 3 is 2.44 bits per heavy atom. The van der Waals surface area contributed by atoms with E-state index in [9.17, 15) is 13.5 Å². The van der Waals surface area contributed by atoms with Crippen molar-refractivity contribution in [3.05, 3.63) is 0 Å². The lowest BCUT2D eigenvalue weighted by Gasteiger charge is -2.28. The fourth-order valence-electron chi connectivity index (χ4n) is 2.23. The zero-order valence-electron chi connectivity index (χ0n) is 10.0. The van der Waals surface area contributed by atoms with Crippen LogP contribution in [0.4, 0.5) is 0 Å². The second-order valence-electron chi connectivity index (χ2n) is 4.66. The molecule has 96 valence electrons. The Labute approximate surface area is 98.4 Å². The largest absolute Gasteiger partial charge is 0.394 e. The summed E-state index contributed by atoms with van der Waals surface area (Å²) < 4.78 is 22.5. The van der Waals surface area contributed by atoms with E-state index in [0.717, 1.165) is 25.7 Å². The van der Waals surface area contributed by atoms with Crippen LogP contribution in [-0.4, -0.2) is 43.7 Å². The molecule has 0 amide bonds. The third kappa shape index (κ3) is 4.03. The maximum Gasteiger partial charge on any atom is 0.150 e. The lowest BCUT2D eigenvalue weighted by Crippen LogP contribution is -2.46. The van der Waals surface area contributed by atoms with Crippen molar-refractivity contribution in [1.82, 2.24) is 5.32 Å². The molecule has 1 aliphatic carbocycles. The van der Waals surface area contributed by atoms with Gasteiger partial charge in [0.05, 0.1) is 12.4 Å². The first-order valence-electron chi connectivity index (χ1n) is 6.10. The Balaban J connectivity index is 2.24. The Bertz CT molecular complexity index is 294. The summed E-state index contributed by atoms with van der Waals surface area (Å²) >= 11 is 0. The predicted octanol–water partition coefficient (Wildman–Crippen LogP) is 0.706. The van der Waals surface area contributed by atoms with E-state index in [1.54, 1.807) is 6.92 Å². The van der Waals surface area contributed by atoms with E-state index in [-0.39, 0.29) is 23.7 Å². The van der Waals surface area contributed by atoms with Gasteiger partial charge in [-0.2, -0.15) is 0 Å². The Morgan fingerprint density at radius 1 is 1.31 bits per heavy atom. The number of sulfone groups is 1. The average Bonchev–Trinajstić information content (AvgIpc) is 2.74. The Hall–Kier alpha value is -0.130. The monoisotopic (exact) mass is 249 g/mol. The van der Waals surface area contributed by atoms with Gasteiger partial charge in [0.1, 0.15) is 9.84 Å². The van der Waals surface area contributed by atoms with Gasteiger partial charge >= 0.3 is 0 Å². The van der Waals surface area contributed by atoms with Crippen LogP contribution in [0.5, 0.6) is 0 Å². The molecule has 0 heterocycles. The molecule has 1 saturated carbocycles. The first-order valence-corrected chi connectivity index (χ1v) is 7.92. The summed E-state index contributed by atoms with van der Waals surface area (Å²) in [6.45, 7) is 2.52. The summed E-state index contributed by atoms with van der Waals surface area (Å²) in [7, 11) is -2.84. The van der Waals surface area contributed by atoms with Crippen molar-refractivity contribution in [2.45, 2.75) is 44.6 Å². The van der Waals surface area contributed by atoms with Crippen LogP contribution in [0.1, 0.15) is 39.0 Å². The SMILES string of the molecule is CCS(=O)(=O)CCCNC1(CO)CCCC1. The standard InChI is InChI=1S/C11H23NO3S/c1-2-16(14,15)9-5-8-12-11(10-13)6-3-4-7-11/h12-13H,2-10H2,1H3. The molecule has 4 nitrogen and oxygen atoms in total. The van der Waals surface area contributed by atoms with Gasteiger partial charge in [0.25, 0.3) is 0 Å². The van der Waals surface area contributed by atoms with Crippen LogP contribution < -0.4 is 5.32 Å². The minimum atomic E-state index is -2.84. The van der Waals surface area contributed by atoms with Crippen LogP contribution in [0.25, 0.3) is 0 Å². The molecule has 0 atom stereocenters. The molecule has 0 aromatic carbocycles. The van der Waals surface area contributed by atoms with E-state index < -0.39 is 9.84 Å². The Morgan fingerprint density at radius 2 is 1.94 bits per heavy atom. The summed E-state index contributed by atoms with van der Waals surface area (Å²) in [6, 6.07) is 0. The molecule has 0 unspecified atom stereocenters. The predicted molar refractivity (Wildman–Crippen MR) is 65.2 cm³/mol. The molecular weight excluding hydrogens is 226 g/mol. The third-order valence-electron chi connectivity index (χ3n) is 3.44. The lowest BCUT2D eigenvalue weighted by atomic mass is 9.99. The second kappa shape index (κ2) is 5.98. The van der Waals surface area contributed by atoms with Crippen LogP contribution in [0.2, 0.25) is 0 Å². The molecule has 5 heteroatoms. The van der Waals surface area contributed by atoms with Crippen LogP contribution in [-0.2, 0) is 9.84 Å². The van der Waals surface area contributed by atoms with E-state index >= 15 is 0 Å². The summed E-state index contributed by atoms with van der Waals surface area (Å²) in [5, 5.41) is 12.7. The molecule has 1 rings (SSSR count). The number of nitrogens with one attached hydrogen (secondary N) is 1. The van der Waals surface area contributed by atoms with Gasteiger partial charge in [-0.3, -0.25) is 0 Å². The van der Waals surface area contributed by atoms with Crippen molar-refractivity contribution in [3.63, 3.8) is 0 Å². The zero-order valence-corrected chi connectivity index (χ0v) is 10.9. The molecule has 1 fully saturated rings. The number of aliphatic hydroxyl groups is 1. The molecule has 0 spiro atoms. The first kappa shape index (κ1) is 13.9. The molecule has 2 N–H and O–H groups in total. The van der Waals surface area contributed by atoms with E-state index in [0.29, 0.717) is 13.0 Å². The highest BCUT2D eigenvalue weighted by Gasteiger charge is 2.32.